The Morgan fingerprint density at radius 1 is 0.960 bits per heavy atom. The van der Waals surface area contributed by atoms with Crippen LogP contribution in [-0.4, -0.2) is 42.1 Å². The minimum atomic E-state index is -1.06. The van der Waals surface area contributed by atoms with Crippen LogP contribution in [0.4, 0.5) is 0 Å². The van der Waals surface area contributed by atoms with Crippen LogP contribution in [0.1, 0.15) is 27.1 Å². The standard InChI is InChI=1S/C19H18O6/c20-17-11-15(25-19(22)14-9-5-2-6-10-14)16(24-17)12-23-18(21)13-7-3-1-4-8-13/h1-10,15-17,20H,11-12H2/t15-,16+,17?/m0/s1. The Balaban J connectivity index is 1.58. The molecule has 0 bridgehead atoms. The molecule has 0 aliphatic carbocycles. The van der Waals surface area contributed by atoms with Crippen LogP contribution in [-0.2, 0) is 14.2 Å². The van der Waals surface area contributed by atoms with Crippen LogP contribution in [0.3, 0.4) is 0 Å². The predicted molar refractivity (Wildman–Crippen MR) is 87.9 cm³/mol. The number of carbonyl (C=O) groups excluding carboxylic acids is 2. The van der Waals surface area contributed by atoms with Gasteiger partial charge in [0.25, 0.3) is 0 Å². The van der Waals surface area contributed by atoms with E-state index in [-0.39, 0.29) is 13.0 Å². The van der Waals surface area contributed by atoms with E-state index >= 15 is 0 Å². The summed E-state index contributed by atoms with van der Waals surface area (Å²) in [6, 6.07) is 17.1. The fourth-order valence-corrected chi connectivity index (χ4v) is 2.56. The van der Waals surface area contributed by atoms with Gasteiger partial charge in [0, 0.05) is 6.42 Å². The molecule has 1 N–H and O–H groups in total. The zero-order valence-corrected chi connectivity index (χ0v) is 13.4. The van der Waals surface area contributed by atoms with Crippen LogP contribution < -0.4 is 0 Å². The summed E-state index contributed by atoms with van der Waals surface area (Å²) in [6.45, 7) is -0.114. The molecule has 0 spiro atoms. The number of esters is 2. The summed E-state index contributed by atoms with van der Waals surface area (Å²) in [5, 5.41) is 9.68. The molecule has 6 heteroatoms. The minimum absolute atomic E-state index is 0.114. The number of ether oxygens (including phenoxy) is 3. The van der Waals surface area contributed by atoms with Crippen molar-refractivity contribution in [2.75, 3.05) is 6.61 Å². The monoisotopic (exact) mass is 342 g/mol. The Morgan fingerprint density at radius 2 is 1.52 bits per heavy atom. The molecule has 0 aromatic heterocycles. The third kappa shape index (κ3) is 4.43. The molecule has 2 aromatic rings. The van der Waals surface area contributed by atoms with Gasteiger partial charge in [0.1, 0.15) is 18.8 Å². The van der Waals surface area contributed by atoms with Crippen LogP contribution in [0.15, 0.2) is 60.7 Å². The van der Waals surface area contributed by atoms with Gasteiger partial charge in [-0.2, -0.15) is 0 Å². The highest BCUT2D eigenvalue weighted by Crippen LogP contribution is 2.23. The van der Waals surface area contributed by atoms with Crippen molar-refractivity contribution in [2.45, 2.75) is 24.9 Å². The molecule has 25 heavy (non-hydrogen) atoms. The first kappa shape index (κ1) is 17.1. The molecular weight excluding hydrogens is 324 g/mol. The van der Waals surface area contributed by atoms with Gasteiger partial charge < -0.3 is 19.3 Å². The summed E-state index contributed by atoms with van der Waals surface area (Å²) in [6.07, 6.45) is -2.33. The predicted octanol–water partition coefficient (Wildman–Crippen LogP) is 2.18. The van der Waals surface area contributed by atoms with E-state index in [1.54, 1.807) is 60.7 Å². The Kier molecular flexibility index (Phi) is 5.42. The van der Waals surface area contributed by atoms with Crippen molar-refractivity contribution in [3.63, 3.8) is 0 Å². The number of hydrogen-bond acceptors (Lipinski definition) is 6. The van der Waals surface area contributed by atoms with Gasteiger partial charge in [0.15, 0.2) is 6.29 Å². The fraction of sp³-hybridized carbons (Fsp3) is 0.263. The number of benzene rings is 2. The highest BCUT2D eigenvalue weighted by molar-refractivity contribution is 5.90. The van der Waals surface area contributed by atoms with E-state index < -0.39 is 30.4 Å². The molecule has 1 saturated heterocycles. The van der Waals surface area contributed by atoms with Gasteiger partial charge >= 0.3 is 11.9 Å². The van der Waals surface area contributed by atoms with Crippen molar-refractivity contribution in [1.29, 1.82) is 0 Å². The molecule has 2 aromatic carbocycles. The average Bonchev–Trinajstić information content (AvgIpc) is 3.00. The van der Waals surface area contributed by atoms with Crippen LogP contribution in [0.25, 0.3) is 0 Å². The van der Waals surface area contributed by atoms with E-state index in [1.165, 1.54) is 0 Å². The summed E-state index contributed by atoms with van der Waals surface area (Å²) in [4.78, 5) is 24.1. The van der Waals surface area contributed by atoms with E-state index in [4.69, 9.17) is 14.2 Å². The molecule has 0 amide bonds. The van der Waals surface area contributed by atoms with Gasteiger partial charge in [-0.3, -0.25) is 0 Å². The number of aliphatic hydroxyl groups excluding tert-OH is 1. The third-order valence-corrected chi connectivity index (χ3v) is 3.84. The summed E-state index contributed by atoms with van der Waals surface area (Å²) in [5.74, 6) is -1.01. The second-order valence-corrected chi connectivity index (χ2v) is 5.64. The van der Waals surface area contributed by atoms with Crippen molar-refractivity contribution in [1.82, 2.24) is 0 Å². The first-order valence-electron chi connectivity index (χ1n) is 7.95. The zero-order chi connectivity index (χ0) is 17.6. The Hall–Kier alpha value is -2.70. The van der Waals surface area contributed by atoms with Gasteiger partial charge in [0.2, 0.25) is 0 Å². The maximum atomic E-state index is 12.1. The highest BCUT2D eigenvalue weighted by Gasteiger charge is 2.38. The Morgan fingerprint density at radius 3 is 2.12 bits per heavy atom. The second-order valence-electron chi connectivity index (χ2n) is 5.64. The lowest BCUT2D eigenvalue weighted by molar-refractivity contribution is -0.110. The van der Waals surface area contributed by atoms with Crippen molar-refractivity contribution < 1.29 is 28.9 Å². The lowest BCUT2D eigenvalue weighted by Crippen LogP contribution is -2.32. The van der Waals surface area contributed by atoms with Crippen LogP contribution in [0.5, 0.6) is 0 Å². The molecule has 1 aliphatic heterocycles. The molecular formula is C19H18O6. The minimum Gasteiger partial charge on any atom is -0.459 e. The molecule has 3 rings (SSSR count). The van der Waals surface area contributed by atoms with Gasteiger partial charge in [-0.05, 0) is 24.3 Å². The molecule has 0 radical (unpaired) electrons. The first-order chi connectivity index (χ1) is 12.1. The molecule has 1 unspecified atom stereocenters. The molecule has 1 fully saturated rings. The molecule has 1 heterocycles. The maximum Gasteiger partial charge on any atom is 0.338 e. The third-order valence-electron chi connectivity index (χ3n) is 3.84. The summed E-state index contributed by atoms with van der Waals surface area (Å²) in [5.41, 5.74) is 0.822. The topological polar surface area (TPSA) is 82.1 Å². The van der Waals surface area contributed by atoms with Crippen LogP contribution in [0.2, 0.25) is 0 Å². The van der Waals surface area contributed by atoms with Gasteiger partial charge in [-0.15, -0.1) is 0 Å². The lowest BCUT2D eigenvalue weighted by Gasteiger charge is -2.18. The maximum absolute atomic E-state index is 12.1. The van der Waals surface area contributed by atoms with E-state index in [9.17, 15) is 14.7 Å². The molecule has 3 atom stereocenters. The zero-order valence-electron chi connectivity index (χ0n) is 13.4. The molecule has 130 valence electrons. The molecule has 6 nitrogen and oxygen atoms in total. The van der Waals surface area contributed by atoms with E-state index in [0.717, 1.165) is 0 Å². The Bertz CT molecular complexity index is 715. The molecule has 1 aliphatic rings. The lowest BCUT2D eigenvalue weighted by atomic mass is 10.1. The van der Waals surface area contributed by atoms with Crippen molar-refractivity contribution in [2.24, 2.45) is 0 Å². The van der Waals surface area contributed by atoms with E-state index in [0.29, 0.717) is 11.1 Å². The normalized spacial score (nSPS) is 22.4. The summed E-state index contributed by atoms with van der Waals surface area (Å²) < 4.78 is 15.9. The number of hydrogen-bond donors (Lipinski definition) is 1. The first-order valence-corrected chi connectivity index (χ1v) is 7.95. The van der Waals surface area contributed by atoms with Crippen LogP contribution >= 0.6 is 0 Å². The number of aliphatic hydroxyl groups is 1. The molecule has 0 saturated carbocycles. The fourth-order valence-electron chi connectivity index (χ4n) is 2.56. The smallest absolute Gasteiger partial charge is 0.338 e. The van der Waals surface area contributed by atoms with Crippen molar-refractivity contribution in [3.05, 3.63) is 71.8 Å². The van der Waals surface area contributed by atoms with E-state index in [1.807, 2.05) is 0 Å². The SMILES string of the molecule is O=C(OC[C@H]1OC(O)C[C@@H]1OC(=O)c1ccccc1)c1ccccc1. The Labute approximate surface area is 144 Å². The average molecular weight is 342 g/mol. The van der Waals surface area contributed by atoms with Gasteiger partial charge in [-0.1, -0.05) is 36.4 Å². The van der Waals surface area contributed by atoms with Crippen LogP contribution in [0, 0.1) is 0 Å². The van der Waals surface area contributed by atoms with Gasteiger partial charge in [0.05, 0.1) is 11.1 Å². The van der Waals surface area contributed by atoms with E-state index in [2.05, 4.69) is 0 Å². The highest BCUT2D eigenvalue weighted by atomic mass is 16.7. The quantitative estimate of drug-likeness (QED) is 0.839. The van der Waals surface area contributed by atoms with Gasteiger partial charge in [-0.25, -0.2) is 9.59 Å². The number of rotatable bonds is 5. The number of carbonyl (C=O) groups is 2. The van der Waals surface area contributed by atoms with Crippen molar-refractivity contribution in [3.8, 4) is 0 Å². The summed E-state index contributed by atoms with van der Waals surface area (Å²) in [7, 11) is 0. The van der Waals surface area contributed by atoms with Crippen molar-refractivity contribution >= 4 is 11.9 Å². The largest absolute Gasteiger partial charge is 0.459 e. The summed E-state index contributed by atoms with van der Waals surface area (Å²) >= 11 is 0. The second kappa shape index (κ2) is 7.92.